The van der Waals surface area contributed by atoms with Crippen LogP contribution in [0.3, 0.4) is 0 Å². The lowest BCUT2D eigenvalue weighted by Gasteiger charge is -2.33. The lowest BCUT2D eigenvalue weighted by atomic mass is 9.84. The summed E-state index contributed by atoms with van der Waals surface area (Å²) in [4.78, 5) is 22.2. The average Bonchev–Trinajstić information content (AvgIpc) is 3.21. The molecule has 1 amide bonds. The number of piperidine rings is 1. The van der Waals surface area contributed by atoms with E-state index in [9.17, 15) is 18.0 Å². The van der Waals surface area contributed by atoms with E-state index in [-0.39, 0.29) is 35.1 Å². The molecule has 10 heteroatoms. The monoisotopic (exact) mass is 491 g/mol. The van der Waals surface area contributed by atoms with Crippen LogP contribution in [0.1, 0.15) is 52.4 Å². The number of pyridine rings is 1. The van der Waals surface area contributed by atoms with Crippen LogP contribution in [0.5, 0.6) is 5.75 Å². The Morgan fingerprint density at radius 3 is 2.51 bits per heavy atom. The van der Waals surface area contributed by atoms with Gasteiger partial charge in [0.25, 0.3) is 5.91 Å². The molecule has 0 saturated carbocycles. The maximum absolute atomic E-state index is 15.1. The summed E-state index contributed by atoms with van der Waals surface area (Å²) < 4.78 is 61.6. The van der Waals surface area contributed by atoms with Gasteiger partial charge in [-0.3, -0.25) is 4.79 Å². The molecule has 0 spiro atoms. The van der Waals surface area contributed by atoms with Gasteiger partial charge in [-0.2, -0.15) is 0 Å². The minimum atomic E-state index is -4.79. The number of benzene rings is 1. The zero-order chi connectivity index (χ0) is 24.7. The molecule has 186 valence electrons. The molecule has 3 heterocycles. The number of nitrogens with one attached hydrogen (secondary N) is 1. The van der Waals surface area contributed by atoms with Gasteiger partial charge in [-0.05, 0) is 61.4 Å². The van der Waals surface area contributed by atoms with Gasteiger partial charge in [0.2, 0.25) is 0 Å². The van der Waals surface area contributed by atoms with Gasteiger partial charge in [-0.25, -0.2) is 9.37 Å². The number of aromatic nitrogens is 2. The Hall–Kier alpha value is -3.14. The molecule has 2 aliphatic rings. The van der Waals surface area contributed by atoms with Crippen LogP contribution in [0.25, 0.3) is 11.0 Å². The van der Waals surface area contributed by atoms with Gasteiger partial charge in [0.1, 0.15) is 17.2 Å². The number of likely N-dealkylation sites (tertiary alicyclic amines) is 1. The fourth-order valence-corrected chi connectivity index (χ4v) is 5.31. The molecule has 2 aromatic heterocycles. The molecular formula is C25H25F4N3O3. The van der Waals surface area contributed by atoms with Crippen LogP contribution < -0.4 is 4.74 Å². The summed E-state index contributed by atoms with van der Waals surface area (Å²) >= 11 is 0. The number of methoxy groups -OCH3 is 1. The quantitative estimate of drug-likeness (QED) is 0.515. The van der Waals surface area contributed by atoms with Crippen molar-refractivity contribution in [1.82, 2.24) is 14.9 Å². The van der Waals surface area contributed by atoms with Gasteiger partial charge in [0, 0.05) is 48.8 Å². The van der Waals surface area contributed by atoms with Crippen molar-refractivity contribution in [2.45, 2.75) is 50.5 Å². The SMILES string of the molecule is COC1CCc2c([nH]c3ncc(F)c(C4CCN(C(=O)c5ccc(OC(F)(F)F)cc5)CC4)c23)C1. The number of fused-ring (bicyclic) bond motifs is 3. The molecule has 1 fully saturated rings. The molecule has 1 saturated heterocycles. The van der Waals surface area contributed by atoms with E-state index in [4.69, 9.17) is 4.74 Å². The molecule has 1 aliphatic carbocycles. The zero-order valence-corrected chi connectivity index (χ0v) is 19.1. The normalized spacial score (nSPS) is 19.1. The topological polar surface area (TPSA) is 67.5 Å². The van der Waals surface area contributed by atoms with Crippen molar-refractivity contribution in [1.29, 1.82) is 0 Å². The van der Waals surface area contributed by atoms with Crippen molar-refractivity contribution < 1.29 is 31.8 Å². The van der Waals surface area contributed by atoms with Crippen molar-refractivity contribution in [3.05, 3.63) is 58.7 Å². The lowest BCUT2D eigenvalue weighted by molar-refractivity contribution is -0.274. The number of amides is 1. The van der Waals surface area contributed by atoms with E-state index >= 15 is 4.39 Å². The number of carbonyl (C=O) groups excluding carboxylic acids is 1. The summed E-state index contributed by atoms with van der Waals surface area (Å²) in [6, 6.07) is 4.89. The predicted octanol–water partition coefficient (Wildman–Crippen LogP) is 5.12. The molecule has 1 aliphatic heterocycles. The molecule has 6 nitrogen and oxygen atoms in total. The number of carbonyl (C=O) groups is 1. The van der Waals surface area contributed by atoms with E-state index in [0.717, 1.165) is 48.0 Å². The second kappa shape index (κ2) is 9.14. The van der Waals surface area contributed by atoms with Crippen molar-refractivity contribution >= 4 is 16.9 Å². The van der Waals surface area contributed by atoms with E-state index in [2.05, 4.69) is 14.7 Å². The van der Waals surface area contributed by atoms with E-state index in [1.54, 1.807) is 12.0 Å². The Kier molecular flexibility index (Phi) is 6.16. The van der Waals surface area contributed by atoms with Gasteiger partial charge in [-0.15, -0.1) is 13.2 Å². The molecule has 35 heavy (non-hydrogen) atoms. The van der Waals surface area contributed by atoms with Crippen molar-refractivity contribution in [3.8, 4) is 5.75 Å². The largest absolute Gasteiger partial charge is 0.573 e. The van der Waals surface area contributed by atoms with Crippen LogP contribution >= 0.6 is 0 Å². The number of hydrogen-bond acceptors (Lipinski definition) is 4. The molecule has 5 rings (SSSR count). The summed E-state index contributed by atoms with van der Waals surface area (Å²) in [7, 11) is 1.70. The highest BCUT2D eigenvalue weighted by molar-refractivity contribution is 5.94. The number of ether oxygens (including phenoxy) is 2. The third-order valence-corrected chi connectivity index (χ3v) is 7.01. The predicted molar refractivity (Wildman–Crippen MR) is 120 cm³/mol. The highest BCUT2D eigenvalue weighted by atomic mass is 19.4. The van der Waals surface area contributed by atoms with Gasteiger partial charge >= 0.3 is 6.36 Å². The maximum atomic E-state index is 15.1. The Morgan fingerprint density at radius 1 is 1.14 bits per heavy atom. The Morgan fingerprint density at radius 2 is 1.86 bits per heavy atom. The van der Waals surface area contributed by atoms with E-state index in [1.807, 2.05) is 0 Å². The summed E-state index contributed by atoms with van der Waals surface area (Å²) in [6.45, 7) is 0.845. The minimum absolute atomic E-state index is 0.0628. The van der Waals surface area contributed by atoms with Crippen molar-refractivity contribution in [2.24, 2.45) is 0 Å². The highest BCUT2D eigenvalue weighted by Gasteiger charge is 2.33. The van der Waals surface area contributed by atoms with E-state index < -0.39 is 6.36 Å². The van der Waals surface area contributed by atoms with Crippen LogP contribution in [-0.2, 0) is 17.6 Å². The van der Waals surface area contributed by atoms with Crippen LogP contribution in [0.4, 0.5) is 17.6 Å². The van der Waals surface area contributed by atoms with Gasteiger partial charge in [0.15, 0.2) is 0 Å². The molecule has 1 N–H and O–H groups in total. The fraction of sp³-hybridized carbons (Fsp3) is 0.440. The zero-order valence-electron chi connectivity index (χ0n) is 19.1. The number of aryl methyl sites for hydroxylation is 1. The van der Waals surface area contributed by atoms with Crippen LogP contribution in [0.15, 0.2) is 30.5 Å². The average molecular weight is 491 g/mol. The molecule has 1 aromatic carbocycles. The third-order valence-electron chi connectivity index (χ3n) is 7.01. The smallest absolute Gasteiger partial charge is 0.406 e. The minimum Gasteiger partial charge on any atom is -0.406 e. The number of halogens is 4. The first-order valence-electron chi connectivity index (χ1n) is 11.6. The van der Waals surface area contributed by atoms with Gasteiger partial charge < -0.3 is 19.4 Å². The van der Waals surface area contributed by atoms with Crippen LogP contribution in [-0.4, -0.2) is 53.4 Å². The number of rotatable bonds is 4. The number of hydrogen-bond donors (Lipinski definition) is 1. The first-order valence-corrected chi connectivity index (χ1v) is 11.6. The molecular weight excluding hydrogens is 466 g/mol. The highest BCUT2D eigenvalue weighted by Crippen LogP contribution is 2.39. The third kappa shape index (κ3) is 4.71. The summed E-state index contributed by atoms with van der Waals surface area (Å²) in [5.41, 5.74) is 3.77. The van der Waals surface area contributed by atoms with Crippen molar-refractivity contribution in [3.63, 3.8) is 0 Å². The molecule has 0 radical (unpaired) electrons. The van der Waals surface area contributed by atoms with Crippen LogP contribution in [0.2, 0.25) is 0 Å². The van der Waals surface area contributed by atoms with Crippen molar-refractivity contribution in [2.75, 3.05) is 20.2 Å². The molecule has 0 bridgehead atoms. The Balaban J connectivity index is 1.32. The standard InChI is InChI=1S/C25H25F4N3O3/c1-34-17-6-7-18-20(12-17)31-23-22(18)21(19(26)13-30-23)14-8-10-32(11-9-14)24(33)15-2-4-16(5-3-15)35-25(27,28)29/h2-5,13-14,17H,6-12H2,1H3,(H,30,31). The summed E-state index contributed by atoms with van der Waals surface area (Å²) in [5, 5.41) is 0.861. The second-order valence-electron chi connectivity index (χ2n) is 9.06. The number of nitrogens with zero attached hydrogens (tertiary/aromatic N) is 2. The first kappa shape index (κ1) is 23.6. The number of alkyl halides is 3. The van der Waals surface area contributed by atoms with Gasteiger partial charge in [-0.1, -0.05) is 0 Å². The van der Waals surface area contributed by atoms with Crippen LogP contribution in [0, 0.1) is 5.82 Å². The molecule has 1 atom stereocenters. The Bertz CT molecular complexity index is 1230. The number of H-pyrrole nitrogens is 1. The summed E-state index contributed by atoms with van der Waals surface area (Å²) in [5.74, 6) is -1.05. The molecule has 1 unspecified atom stereocenters. The fourth-order valence-electron chi connectivity index (χ4n) is 5.31. The van der Waals surface area contributed by atoms with Gasteiger partial charge in [0.05, 0.1) is 12.3 Å². The van der Waals surface area contributed by atoms with E-state index in [0.29, 0.717) is 37.1 Å². The maximum Gasteiger partial charge on any atom is 0.573 e. The summed E-state index contributed by atoms with van der Waals surface area (Å²) in [6.07, 6.45) is 0.162. The Labute approximate surface area is 199 Å². The number of aromatic amines is 1. The second-order valence-corrected chi connectivity index (χ2v) is 9.06. The molecule has 3 aromatic rings. The van der Waals surface area contributed by atoms with E-state index in [1.165, 1.54) is 18.3 Å². The lowest BCUT2D eigenvalue weighted by Crippen LogP contribution is -2.38. The first-order chi connectivity index (χ1) is 16.7.